The zero-order valence-electron chi connectivity index (χ0n) is 17.2. The van der Waals surface area contributed by atoms with E-state index in [-0.39, 0.29) is 18.4 Å². The third-order valence-corrected chi connectivity index (χ3v) is 7.77. The lowest BCUT2D eigenvalue weighted by Gasteiger charge is -2.39. The Balaban J connectivity index is 1.59. The van der Waals surface area contributed by atoms with Gasteiger partial charge in [-0.25, -0.2) is 0 Å². The Morgan fingerprint density at radius 3 is 2.36 bits per heavy atom. The average molecular weight is 408 g/mol. The van der Waals surface area contributed by atoms with Gasteiger partial charge in [0.25, 0.3) is 10.2 Å². The van der Waals surface area contributed by atoms with E-state index in [1.807, 2.05) is 31.2 Å². The zero-order chi connectivity index (χ0) is 20.3. The second-order valence-electron chi connectivity index (χ2n) is 8.67. The molecule has 0 aliphatic carbocycles. The van der Waals surface area contributed by atoms with E-state index in [0.717, 1.165) is 24.8 Å². The summed E-state index contributed by atoms with van der Waals surface area (Å²) in [5, 5.41) is 2.98. The molecule has 6 nitrogen and oxygen atoms in total. The Hall–Kier alpha value is -1.44. The van der Waals surface area contributed by atoms with Gasteiger partial charge in [0.1, 0.15) is 0 Å². The molecule has 0 spiro atoms. The van der Waals surface area contributed by atoms with Crippen molar-refractivity contribution in [2.45, 2.75) is 46.6 Å². The van der Waals surface area contributed by atoms with Gasteiger partial charge < -0.3 is 5.32 Å². The van der Waals surface area contributed by atoms with Crippen molar-refractivity contribution in [1.29, 1.82) is 0 Å². The van der Waals surface area contributed by atoms with Gasteiger partial charge in [0.2, 0.25) is 5.91 Å². The molecule has 156 valence electrons. The minimum absolute atomic E-state index is 0.0548. The molecule has 0 aromatic heterocycles. The van der Waals surface area contributed by atoms with Crippen LogP contribution in [0, 0.1) is 24.7 Å². The van der Waals surface area contributed by atoms with Crippen molar-refractivity contribution in [2.75, 3.05) is 26.2 Å². The van der Waals surface area contributed by atoms with Gasteiger partial charge in [-0.3, -0.25) is 4.79 Å². The van der Waals surface area contributed by atoms with Crippen molar-refractivity contribution in [3.05, 3.63) is 35.4 Å². The maximum absolute atomic E-state index is 13.1. The maximum Gasteiger partial charge on any atom is 0.282 e. The van der Waals surface area contributed by atoms with E-state index in [1.165, 1.54) is 9.87 Å². The molecule has 2 aliphatic heterocycles. The molecule has 1 aromatic rings. The van der Waals surface area contributed by atoms with Gasteiger partial charge in [-0.2, -0.15) is 17.0 Å². The maximum atomic E-state index is 13.1. The summed E-state index contributed by atoms with van der Waals surface area (Å²) in [6.45, 7) is 8.66. The summed E-state index contributed by atoms with van der Waals surface area (Å²) in [6, 6.07) is 8.06. The number of benzene rings is 1. The molecule has 0 bridgehead atoms. The van der Waals surface area contributed by atoms with E-state index >= 15 is 0 Å². The van der Waals surface area contributed by atoms with E-state index in [1.54, 1.807) is 4.31 Å². The summed E-state index contributed by atoms with van der Waals surface area (Å²) in [5.74, 6) is 0.406. The van der Waals surface area contributed by atoms with Crippen LogP contribution in [0.25, 0.3) is 0 Å². The van der Waals surface area contributed by atoms with Crippen LogP contribution in [-0.2, 0) is 21.5 Å². The highest BCUT2D eigenvalue weighted by molar-refractivity contribution is 7.86. The van der Waals surface area contributed by atoms with Crippen LogP contribution < -0.4 is 5.32 Å². The molecule has 2 fully saturated rings. The van der Waals surface area contributed by atoms with Crippen LogP contribution in [0.15, 0.2) is 24.3 Å². The predicted octanol–water partition coefficient (Wildman–Crippen LogP) is 2.55. The van der Waals surface area contributed by atoms with Gasteiger partial charge in [-0.05, 0) is 43.6 Å². The molecule has 1 amide bonds. The third kappa shape index (κ3) is 5.13. The zero-order valence-corrected chi connectivity index (χ0v) is 18.0. The van der Waals surface area contributed by atoms with E-state index in [0.29, 0.717) is 38.0 Å². The lowest BCUT2D eigenvalue weighted by Crippen LogP contribution is -2.53. The van der Waals surface area contributed by atoms with E-state index < -0.39 is 10.2 Å². The summed E-state index contributed by atoms with van der Waals surface area (Å²) in [4.78, 5) is 12.6. The Morgan fingerprint density at radius 1 is 1.07 bits per heavy atom. The molecule has 1 N–H and O–H groups in total. The fourth-order valence-electron chi connectivity index (χ4n) is 4.36. The fourth-order valence-corrected chi connectivity index (χ4v) is 6.30. The Labute approximate surface area is 169 Å². The van der Waals surface area contributed by atoms with E-state index in [9.17, 15) is 13.2 Å². The van der Waals surface area contributed by atoms with Crippen molar-refractivity contribution in [3.8, 4) is 0 Å². The molecule has 0 unspecified atom stereocenters. The number of carbonyl (C=O) groups excluding carboxylic acids is 1. The van der Waals surface area contributed by atoms with Crippen molar-refractivity contribution < 1.29 is 13.2 Å². The molecule has 3 atom stereocenters. The number of hydrogen-bond donors (Lipinski definition) is 1. The second-order valence-corrected chi connectivity index (χ2v) is 10.6. The molecule has 28 heavy (non-hydrogen) atoms. The third-order valence-electron chi connectivity index (χ3n) is 5.83. The van der Waals surface area contributed by atoms with Gasteiger partial charge in [0.15, 0.2) is 0 Å². The van der Waals surface area contributed by atoms with Gasteiger partial charge in [0, 0.05) is 32.7 Å². The Kier molecular flexibility index (Phi) is 6.78. The SMILES string of the molecule is Cc1ccc(CNC(=O)[C@@H]2CCCN(S(=O)(=O)N3C[C@H](C)C[C@H](C)C3)C2)cc1. The first-order valence-corrected chi connectivity index (χ1v) is 11.7. The normalized spacial score (nSPS) is 27.5. The molecule has 3 rings (SSSR count). The largest absolute Gasteiger partial charge is 0.352 e. The van der Waals surface area contributed by atoms with Crippen LogP contribution in [0.3, 0.4) is 0 Å². The summed E-state index contributed by atoms with van der Waals surface area (Å²) in [6.07, 6.45) is 2.52. The highest BCUT2D eigenvalue weighted by Gasteiger charge is 2.38. The van der Waals surface area contributed by atoms with E-state index in [2.05, 4.69) is 19.2 Å². The summed E-state index contributed by atoms with van der Waals surface area (Å²) in [7, 11) is -3.50. The number of rotatable bonds is 5. The van der Waals surface area contributed by atoms with Crippen molar-refractivity contribution in [1.82, 2.24) is 13.9 Å². The molecule has 2 heterocycles. The molecule has 1 aromatic carbocycles. The number of amides is 1. The molecule has 0 radical (unpaired) electrons. The van der Waals surface area contributed by atoms with Crippen molar-refractivity contribution >= 4 is 16.1 Å². The van der Waals surface area contributed by atoms with Crippen LogP contribution in [0.1, 0.15) is 44.2 Å². The lowest BCUT2D eigenvalue weighted by atomic mass is 9.94. The van der Waals surface area contributed by atoms with Gasteiger partial charge >= 0.3 is 0 Å². The standard InChI is InChI=1S/C21H33N3O3S/c1-16-6-8-19(9-7-16)12-22-21(25)20-5-4-10-23(15-20)28(26,27)24-13-17(2)11-18(3)14-24/h6-9,17-18,20H,4-5,10-15H2,1-3H3,(H,22,25)/t17-,18+,20-/m1/s1. The molecule has 7 heteroatoms. The summed E-state index contributed by atoms with van der Waals surface area (Å²) in [5.41, 5.74) is 2.24. The Bertz CT molecular complexity index is 769. The molecule has 0 saturated carbocycles. The smallest absolute Gasteiger partial charge is 0.282 e. The molecular formula is C21H33N3O3S. The van der Waals surface area contributed by atoms with Crippen molar-refractivity contribution in [2.24, 2.45) is 17.8 Å². The molecular weight excluding hydrogens is 374 g/mol. The molecule has 2 aliphatic rings. The van der Waals surface area contributed by atoms with Crippen LogP contribution >= 0.6 is 0 Å². The number of carbonyl (C=O) groups is 1. The van der Waals surface area contributed by atoms with Gasteiger partial charge in [0.05, 0.1) is 5.92 Å². The first-order valence-electron chi connectivity index (χ1n) is 10.3. The summed E-state index contributed by atoms with van der Waals surface area (Å²) >= 11 is 0. The quantitative estimate of drug-likeness (QED) is 0.815. The highest BCUT2D eigenvalue weighted by Crippen LogP contribution is 2.27. The topological polar surface area (TPSA) is 69.7 Å². The number of hydrogen-bond acceptors (Lipinski definition) is 3. The number of nitrogens with one attached hydrogen (secondary N) is 1. The number of aryl methyl sites for hydroxylation is 1. The predicted molar refractivity (Wildman–Crippen MR) is 111 cm³/mol. The van der Waals surface area contributed by atoms with Crippen LogP contribution in [0.5, 0.6) is 0 Å². The van der Waals surface area contributed by atoms with Gasteiger partial charge in [-0.15, -0.1) is 0 Å². The fraction of sp³-hybridized carbons (Fsp3) is 0.667. The van der Waals surface area contributed by atoms with Crippen LogP contribution in [0.2, 0.25) is 0 Å². The van der Waals surface area contributed by atoms with Crippen molar-refractivity contribution in [3.63, 3.8) is 0 Å². The second kappa shape index (κ2) is 8.93. The number of nitrogens with zero attached hydrogens (tertiary/aromatic N) is 2. The first kappa shape index (κ1) is 21.3. The number of piperidine rings is 2. The van der Waals surface area contributed by atoms with Crippen LogP contribution in [0.4, 0.5) is 0 Å². The highest BCUT2D eigenvalue weighted by atomic mass is 32.2. The monoisotopic (exact) mass is 407 g/mol. The van der Waals surface area contributed by atoms with Crippen LogP contribution in [-0.4, -0.2) is 49.1 Å². The first-order chi connectivity index (χ1) is 13.3. The minimum atomic E-state index is -3.50. The average Bonchev–Trinajstić information content (AvgIpc) is 2.66. The van der Waals surface area contributed by atoms with Gasteiger partial charge in [-0.1, -0.05) is 43.7 Å². The Morgan fingerprint density at radius 2 is 1.71 bits per heavy atom. The van der Waals surface area contributed by atoms with E-state index in [4.69, 9.17) is 0 Å². The lowest BCUT2D eigenvalue weighted by molar-refractivity contribution is -0.126. The molecule has 2 saturated heterocycles. The summed E-state index contributed by atoms with van der Waals surface area (Å²) < 4.78 is 29.4. The minimum Gasteiger partial charge on any atom is -0.352 e.